The van der Waals surface area contributed by atoms with Crippen molar-refractivity contribution in [3.63, 3.8) is 0 Å². The highest BCUT2D eigenvalue weighted by Crippen LogP contribution is 2.32. The molecule has 82 valence electrons. The van der Waals surface area contributed by atoms with Crippen LogP contribution in [-0.2, 0) is 0 Å². The van der Waals surface area contributed by atoms with E-state index in [0.29, 0.717) is 5.56 Å². The summed E-state index contributed by atoms with van der Waals surface area (Å²) in [5, 5.41) is 0. The zero-order valence-electron chi connectivity index (χ0n) is 8.18. The van der Waals surface area contributed by atoms with Gasteiger partial charge in [0.25, 0.3) is 0 Å². The number of halogens is 3. The van der Waals surface area contributed by atoms with Gasteiger partial charge in [-0.3, -0.25) is 4.79 Å². The van der Waals surface area contributed by atoms with Crippen molar-refractivity contribution < 1.29 is 18.3 Å². The van der Waals surface area contributed by atoms with E-state index in [1.807, 2.05) is 0 Å². The Morgan fingerprint density at radius 2 is 2.07 bits per heavy atom. The standard InChI is InChI=1S/C10H9BrF2O2/c1-5-3-4-7(15-10(12)13)9(11)8(5)6(2)14/h3-4,10H,1-2H3. The lowest BCUT2D eigenvalue weighted by molar-refractivity contribution is -0.0504. The molecule has 0 unspecified atom stereocenters. The van der Waals surface area contributed by atoms with E-state index < -0.39 is 6.61 Å². The first-order chi connectivity index (χ1) is 6.93. The normalized spacial score (nSPS) is 10.5. The molecule has 0 aliphatic rings. The van der Waals surface area contributed by atoms with Crippen LogP contribution in [0.4, 0.5) is 8.78 Å². The first-order valence-electron chi connectivity index (χ1n) is 4.18. The van der Waals surface area contributed by atoms with Gasteiger partial charge in [0, 0.05) is 5.56 Å². The molecule has 0 spiro atoms. The van der Waals surface area contributed by atoms with E-state index in [1.165, 1.54) is 13.0 Å². The summed E-state index contributed by atoms with van der Waals surface area (Å²) < 4.78 is 28.5. The van der Waals surface area contributed by atoms with Gasteiger partial charge in [-0.15, -0.1) is 0 Å². The van der Waals surface area contributed by atoms with Gasteiger partial charge in [0.1, 0.15) is 5.75 Å². The fraction of sp³-hybridized carbons (Fsp3) is 0.300. The summed E-state index contributed by atoms with van der Waals surface area (Å²) in [7, 11) is 0. The number of ether oxygens (including phenoxy) is 1. The monoisotopic (exact) mass is 278 g/mol. The third-order valence-corrected chi connectivity index (χ3v) is 2.67. The Kier molecular flexibility index (Phi) is 3.79. The van der Waals surface area contributed by atoms with Crippen LogP contribution in [0.25, 0.3) is 0 Å². The molecule has 0 atom stereocenters. The number of benzene rings is 1. The van der Waals surface area contributed by atoms with Crippen molar-refractivity contribution in [2.75, 3.05) is 0 Å². The van der Waals surface area contributed by atoms with Gasteiger partial charge in [-0.25, -0.2) is 0 Å². The molecule has 15 heavy (non-hydrogen) atoms. The van der Waals surface area contributed by atoms with Gasteiger partial charge in [0.15, 0.2) is 5.78 Å². The van der Waals surface area contributed by atoms with Crippen LogP contribution in [0, 0.1) is 6.92 Å². The highest BCUT2D eigenvalue weighted by Gasteiger charge is 2.15. The van der Waals surface area contributed by atoms with Crippen molar-refractivity contribution >= 4 is 21.7 Å². The third-order valence-electron chi connectivity index (χ3n) is 1.88. The molecule has 1 aromatic rings. The van der Waals surface area contributed by atoms with Gasteiger partial charge in [-0.1, -0.05) is 6.07 Å². The van der Waals surface area contributed by atoms with Crippen LogP contribution in [0.5, 0.6) is 5.75 Å². The first-order valence-corrected chi connectivity index (χ1v) is 4.97. The lowest BCUT2D eigenvalue weighted by Gasteiger charge is -2.11. The van der Waals surface area contributed by atoms with E-state index in [2.05, 4.69) is 20.7 Å². The van der Waals surface area contributed by atoms with E-state index in [9.17, 15) is 13.6 Å². The van der Waals surface area contributed by atoms with Crippen LogP contribution >= 0.6 is 15.9 Å². The number of carbonyl (C=O) groups excluding carboxylic acids is 1. The van der Waals surface area contributed by atoms with Gasteiger partial charge in [0.05, 0.1) is 4.47 Å². The molecule has 1 rings (SSSR count). The number of hydrogen-bond donors (Lipinski definition) is 0. The number of alkyl halides is 2. The molecule has 0 aromatic heterocycles. The highest BCUT2D eigenvalue weighted by atomic mass is 79.9. The second-order valence-electron chi connectivity index (χ2n) is 3.00. The summed E-state index contributed by atoms with van der Waals surface area (Å²) in [5.41, 5.74) is 1.09. The zero-order chi connectivity index (χ0) is 11.6. The summed E-state index contributed by atoms with van der Waals surface area (Å²) in [6.45, 7) is 0.205. The summed E-state index contributed by atoms with van der Waals surface area (Å²) in [5.74, 6) is -0.222. The van der Waals surface area contributed by atoms with E-state index in [-0.39, 0.29) is 16.0 Å². The van der Waals surface area contributed by atoms with Crippen molar-refractivity contribution in [1.82, 2.24) is 0 Å². The third kappa shape index (κ3) is 2.75. The fourth-order valence-electron chi connectivity index (χ4n) is 1.27. The molecule has 0 N–H and O–H groups in total. The van der Waals surface area contributed by atoms with Crippen molar-refractivity contribution in [1.29, 1.82) is 0 Å². The van der Waals surface area contributed by atoms with Crippen LogP contribution in [-0.4, -0.2) is 12.4 Å². The number of Topliss-reactive ketones (excluding diaryl/α,β-unsaturated/α-hetero) is 1. The molecule has 0 aliphatic heterocycles. The molecule has 0 radical (unpaired) electrons. The minimum absolute atomic E-state index is 0.0270. The summed E-state index contributed by atoms with van der Waals surface area (Å²) in [4.78, 5) is 11.3. The molecule has 0 saturated heterocycles. The minimum atomic E-state index is -2.90. The second-order valence-corrected chi connectivity index (χ2v) is 3.80. The summed E-state index contributed by atoms with van der Waals surface area (Å²) >= 11 is 3.08. The highest BCUT2D eigenvalue weighted by molar-refractivity contribution is 9.10. The molecule has 1 aromatic carbocycles. The average Bonchev–Trinajstić information content (AvgIpc) is 2.09. The SMILES string of the molecule is CC(=O)c1c(C)ccc(OC(F)F)c1Br. The van der Waals surface area contributed by atoms with Crippen molar-refractivity contribution in [2.24, 2.45) is 0 Å². The Balaban J connectivity index is 3.22. The van der Waals surface area contributed by atoms with Crippen LogP contribution in [0.3, 0.4) is 0 Å². The lowest BCUT2D eigenvalue weighted by Crippen LogP contribution is -2.05. The van der Waals surface area contributed by atoms with E-state index in [1.54, 1.807) is 13.0 Å². The minimum Gasteiger partial charge on any atom is -0.434 e. The van der Waals surface area contributed by atoms with Gasteiger partial charge in [0.2, 0.25) is 0 Å². The first kappa shape index (κ1) is 12.1. The maximum atomic E-state index is 12.0. The average molecular weight is 279 g/mol. The predicted octanol–water partition coefficient (Wildman–Crippen LogP) is 3.56. The van der Waals surface area contributed by atoms with Crippen LogP contribution < -0.4 is 4.74 Å². The zero-order valence-corrected chi connectivity index (χ0v) is 9.77. The van der Waals surface area contributed by atoms with Crippen LogP contribution in [0.15, 0.2) is 16.6 Å². The topological polar surface area (TPSA) is 26.3 Å². The Hall–Kier alpha value is -0.970. The van der Waals surface area contributed by atoms with Gasteiger partial charge in [-0.05, 0) is 41.4 Å². The number of ketones is 1. The largest absolute Gasteiger partial charge is 0.434 e. The van der Waals surface area contributed by atoms with Gasteiger partial charge >= 0.3 is 6.61 Å². The Bertz CT molecular complexity index is 391. The molecule has 0 aliphatic carbocycles. The Morgan fingerprint density at radius 3 is 2.53 bits per heavy atom. The quantitative estimate of drug-likeness (QED) is 0.791. The lowest BCUT2D eigenvalue weighted by atomic mass is 10.1. The number of hydrogen-bond acceptors (Lipinski definition) is 2. The summed E-state index contributed by atoms with van der Waals surface area (Å²) in [6, 6.07) is 2.97. The van der Waals surface area contributed by atoms with E-state index in [0.717, 1.165) is 5.56 Å². The smallest absolute Gasteiger partial charge is 0.387 e. The van der Waals surface area contributed by atoms with Crippen LogP contribution in [0.1, 0.15) is 22.8 Å². The molecule has 0 heterocycles. The molecule has 0 amide bonds. The van der Waals surface area contributed by atoms with Gasteiger partial charge in [-0.2, -0.15) is 8.78 Å². The number of carbonyl (C=O) groups is 1. The molecular weight excluding hydrogens is 270 g/mol. The molecule has 5 heteroatoms. The fourth-order valence-corrected chi connectivity index (χ4v) is 2.09. The molecule has 0 saturated carbocycles. The molecule has 0 fully saturated rings. The van der Waals surface area contributed by atoms with Crippen molar-refractivity contribution in [3.8, 4) is 5.75 Å². The maximum Gasteiger partial charge on any atom is 0.387 e. The summed E-state index contributed by atoms with van der Waals surface area (Å²) in [6.07, 6.45) is 0. The van der Waals surface area contributed by atoms with E-state index >= 15 is 0 Å². The molecule has 0 bridgehead atoms. The van der Waals surface area contributed by atoms with Crippen molar-refractivity contribution in [3.05, 3.63) is 27.7 Å². The van der Waals surface area contributed by atoms with Crippen LogP contribution in [0.2, 0.25) is 0 Å². The maximum absolute atomic E-state index is 12.0. The predicted molar refractivity (Wildman–Crippen MR) is 55.5 cm³/mol. The second kappa shape index (κ2) is 4.70. The number of aryl methyl sites for hydroxylation is 1. The van der Waals surface area contributed by atoms with E-state index in [4.69, 9.17) is 0 Å². The molecular formula is C10H9BrF2O2. The van der Waals surface area contributed by atoms with Crippen molar-refractivity contribution in [2.45, 2.75) is 20.5 Å². The van der Waals surface area contributed by atoms with Gasteiger partial charge < -0.3 is 4.74 Å². The Labute approximate surface area is 94.4 Å². The molecule has 2 nitrogen and oxygen atoms in total. The Morgan fingerprint density at radius 1 is 1.47 bits per heavy atom. The number of rotatable bonds is 3.